The van der Waals surface area contributed by atoms with E-state index in [1.165, 1.54) is 11.3 Å². The number of nitrogens with two attached hydrogens (primary N) is 1. The SMILES string of the molecule is CNC(=O)c1sc(N(CC(C)C)CC(C)C)c(C#N)c1N. The fourth-order valence-electron chi connectivity index (χ4n) is 2.17. The third kappa shape index (κ3) is 4.11. The molecule has 1 aromatic heterocycles. The molecule has 0 aromatic carbocycles. The molecule has 0 aliphatic heterocycles. The third-order valence-electron chi connectivity index (χ3n) is 2.93. The maximum Gasteiger partial charge on any atom is 0.263 e. The minimum absolute atomic E-state index is 0.241. The first kappa shape index (κ1) is 17.3. The van der Waals surface area contributed by atoms with Crippen molar-refractivity contribution >= 4 is 27.9 Å². The van der Waals surface area contributed by atoms with Crippen molar-refractivity contribution in [2.75, 3.05) is 30.8 Å². The fourth-order valence-corrected chi connectivity index (χ4v) is 3.30. The topological polar surface area (TPSA) is 82.2 Å². The molecule has 5 nitrogen and oxygen atoms in total. The van der Waals surface area contributed by atoms with E-state index in [0.29, 0.717) is 22.3 Å². The molecule has 3 N–H and O–H groups in total. The summed E-state index contributed by atoms with van der Waals surface area (Å²) in [5.74, 6) is 0.679. The van der Waals surface area contributed by atoms with Crippen LogP contribution in [-0.4, -0.2) is 26.0 Å². The normalized spacial score (nSPS) is 10.8. The summed E-state index contributed by atoms with van der Waals surface area (Å²) in [6.45, 7) is 10.2. The van der Waals surface area contributed by atoms with Crippen molar-refractivity contribution in [3.8, 4) is 6.07 Å². The molecule has 0 saturated heterocycles. The predicted octanol–water partition coefficient (Wildman–Crippen LogP) is 2.68. The van der Waals surface area contributed by atoms with Gasteiger partial charge in [-0.15, -0.1) is 11.3 Å². The molecule has 1 aromatic rings. The van der Waals surface area contributed by atoms with Crippen LogP contribution in [-0.2, 0) is 0 Å². The highest BCUT2D eigenvalue weighted by atomic mass is 32.1. The number of amides is 1. The molecule has 0 bridgehead atoms. The molecule has 0 spiro atoms. The van der Waals surface area contributed by atoms with Crippen LogP contribution < -0.4 is 16.0 Å². The predicted molar refractivity (Wildman–Crippen MR) is 88.7 cm³/mol. The van der Waals surface area contributed by atoms with E-state index in [2.05, 4.69) is 44.0 Å². The lowest BCUT2D eigenvalue weighted by Crippen LogP contribution is -2.31. The minimum atomic E-state index is -0.241. The molecule has 6 heteroatoms. The van der Waals surface area contributed by atoms with Gasteiger partial charge >= 0.3 is 0 Å². The maximum absolute atomic E-state index is 11.9. The zero-order chi connectivity index (χ0) is 16.2. The molecule has 0 fully saturated rings. The Hall–Kier alpha value is -1.74. The van der Waals surface area contributed by atoms with Gasteiger partial charge in [0.2, 0.25) is 0 Å². The van der Waals surface area contributed by atoms with Gasteiger partial charge in [-0.1, -0.05) is 27.7 Å². The van der Waals surface area contributed by atoms with Gasteiger partial charge in [0.05, 0.1) is 5.69 Å². The maximum atomic E-state index is 11.9. The molecule has 0 aliphatic carbocycles. The first-order valence-electron chi connectivity index (χ1n) is 7.11. The van der Waals surface area contributed by atoms with Crippen molar-refractivity contribution in [1.29, 1.82) is 5.26 Å². The van der Waals surface area contributed by atoms with Crippen LogP contribution in [0, 0.1) is 23.2 Å². The molecule has 0 aliphatic rings. The third-order valence-corrected chi connectivity index (χ3v) is 4.20. The quantitative estimate of drug-likeness (QED) is 0.846. The summed E-state index contributed by atoms with van der Waals surface area (Å²) in [5, 5.41) is 12.8. The first-order chi connectivity index (χ1) is 9.81. The van der Waals surface area contributed by atoms with Gasteiger partial charge in [-0.2, -0.15) is 5.26 Å². The van der Waals surface area contributed by atoms with Gasteiger partial charge in [0.1, 0.15) is 21.5 Å². The summed E-state index contributed by atoms with van der Waals surface area (Å²) < 4.78 is 0. The molecule has 1 rings (SSSR count). The molecule has 0 unspecified atom stereocenters. The summed E-state index contributed by atoms with van der Waals surface area (Å²) in [5.41, 5.74) is 6.69. The van der Waals surface area contributed by atoms with Crippen molar-refractivity contribution in [1.82, 2.24) is 5.32 Å². The number of carbonyl (C=O) groups is 1. The van der Waals surface area contributed by atoms with E-state index in [0.717, 1.165) is 18.1 Å². The Morgan fingerprint density at radius 3 is 2.24 bits per heavy atom. The highest BCUT2D eigenvalue weighted by Crippen LogP contribution is 2.38. The standard InChI is InChI=1S/C15H24N4OS/c1-9(2)7-19(8-10(3)4)15-11(6-16)12(17)13(21-15)14(20)18-5/h9-10H,7-8,17H2,1-5H3,(H,18,20). The Bertz CT molecular complexity index is 533. The number of rotatable bonds is 6. The Balaban J connectivity index is 3.30. The van der Waals surface area contributed by atoms with E-state index >= 15 is 0 Å². The van der Waals surface area contributed by atoms with Crippen LogP contribution in [0.4, 0.5) is 10.7 Å². The number of thiophene rings is 1. The van der Waals surface area contributed by atoms with Crippen LogP contribution in [0.25, 0.3) is 0 Å². The second kappa shape index (κ2) is 7.32. The number of hydrogen-bond donors (Lipinski definition) is 2. The highest BCUT2D eigenvalue weighted by molar-refractivity contribution is 7.19. The van der Waals surface area contributed by atoms with Crippen LogP contribution >= 0.6 is 11.3 Å². The average molecular weight is 308 g/mol. The zero-order valence-corrected chi connectivity index (χ0v) is 14.2. The van der Waals surface area contributed by atoms with E-state index in [9.17, 15) is 10.1 Å². The summed E-state index contributed by atoms with van der Waals surface area (Å²) in [6, 6.07) is 2.15. The van der Waals surface area contributed by atoms with E-state index < -0.39 is 0 Å². The number of nitrogens with one attached hydrogen (secondary N) is 1. The van der Waals surface area contributed by atoms with E-state index in [1.807, 2.05) is 0 Å². The van der Waals surface area contributed by atoms with E-state index in [4.69, 9.17) is 5.73 Å². The lowest BCUT2D eigenvalue weighted by molar-refractivity contribution is 0.0968. The Morgan fingerprint density at radius 1 is 1.33 bits per heavy atom. The average Bonchev–Trinajstić information content (AvgIpc) is 2.73. The van der Waals surface area contributed by atoms with Gasteiger partial charge < -0.3 is 16.0 Å². The van der Waals surface area contributed by atoms with Gasteiger partial charge in [0.15, 0.2) is 0 Å². The minimum Gasteiger partial charge on any atom is -0.396 e. The van der Waals surface area contributed by atoms with E-state index in [-0.39, 0.29) is 11.6 Å². The number of nitrogen functional groups attached to an aromatic ring is 1. The van der Waals surface area contributed by atoms with Crippen molar-refractivity contribution in [3.63, 3.8) is 0 Å². The number of nitriles is 1. The van der Waals surface area contributed by atoms with Gasteiger partial charge in [-0.05, 0) is 11.8 Å². The van der Waals surface area contributed by atoms with Crippen LogP contribution in [0.5, 0.6) is 0 Å². The van der Waals surface area contributed by atoms with Crippen molar-refractivity contribution in [2.24, 2.45) is 11.8 Å². The molecular formula is C15H24N4OS. The van der Waals surface area contributed by atoms with Crippen LogP contribution in [0.2, 0.25) is 0 Å². The van der Waals surface area contributed by atoms with Crippen LogP contribution in [0.15, 0.2) is 0 Å². The van der Waals surface area contributed by atoms with Gasteiger partial charge in [0.25, 0.3) is 5.91 Å². The Kier molecular flexibility index (Phi) is 6.03. The molecule has 1 amide bonds. The molecule has 21 heavy (non-hydrogen) atoms. The number of anilines is 2. The molecule has 0 saturated carbocycles. The van der Waals surface area contributed by atoms with Gasteiger partial charge in [0, 0.05) is 20.1 Å². The lowest BCUT2D eigenvalue weighted by Gasteiger charge is -2.27. The largest absolute Gasteiger partial charge is 0.396 e. The van der Waals surface area contributed by atoms with Gasteiger partial charge in [-0.3, -0.25) is 4.79 Å². The number of carbonyl (C=O) groups excluding carboxylic acids is 1. The van der Waals surface area contributed by atoms with E-state index in [1.54, 1.807) is 7.05 Å². The Labute approximate surface area is 130 Å². The smallest absolute Gasteiger partial charge is 0.263 e. The zero-order valence-electron chi connectivity index (χ0n) is 13.4. The van der Waals surface area contributed by atoms with Crippen molar-refractivity contribution in [3.05, 3.63) is 10.4 Å². The molecule has 0 radical (unpaired) electrons. The highest BCUT2D eigenvalue weighted by Gasteiger charge is 2.24. The van der Waals surface area contributed by atoms with Crippen LogP contribution in [0.1, 0.15) is 42.9 Å². The molecular weight excluding hydrogens is 284 g/mol. The monoisotopic (exact) mass is 308 g/mol. The van der Waals surface area contributed by atoms with Crippen molar-refractivity contribution < 1.29 is 4.79 Å². The fraction of sp³-hybridized carbons (Fsp3) is 0.600. The number of nitrogens with zero attached hydrogens (tertiary/aromatic N) is 2. The molecule has 0 atom stereocenters. The second-order valence-corrected chi connectivity index (χ2v) is 6.91. The lowest BCUT2D eigenvalue weighted by atomic mass is 10.1. The summed E-state index contributed by atoms with van der Waals surface area (Å²) in [6.07, 6.45) is 0. The number of hydrogen-bond acceptors (Lipinski definition) is 5. The molecule has 116 valence electrons. The van der Waals surface area contributed by atoms with Crippen molar-refractivity contribution in [2.45, 2.75) is 27.7 Å². The summed E-state index contributed by atoms with van der Waals surface area (Å²) in [4.78, 5) is 14.5. The second-order valence-electron chi connectivity index (χ2n) is 5.91. The van der Waals surface area contributed by atoms with Gasteiger partial charge in [-0.25, -0.2) is 0 Å². The summed E-state index contributed by atoms with van der Waals surface area (Å²) in [7, 11) is 1.56. The first-order valence-corrected chi connectivity index (χ1v) is 7.92. The summed E-state index contributed by atoms with van der Waals surface area (Å²) >= 11 is 1.30. The molecule has 1 heterocycles. The Morgan fingerprint density at radius 2 is 1.86 bits per heavy atom. The van der Waals surface area contributed by atoms with Crippen LogP contribution in [0.3, 0.4) is 0 Å².